The lowest BCUT2D eigenvalue weighted by Gasteiger charge is -2.06. The molecule has 1 aromatic rings. The number of nitrogens with one attached hydrogen (secondary N) is 1. The highest BCUT2D eigenvalue weighted by molar-refractivity contribution is 5.98. The number of phenols is 1. The van der Waals surface area contributed by atoms with Crippen LogP contribution in [0.15, 0.2) is 6.07 Å². The van der Waals surface area contributed by atoms with E-state index in [1.165, 1.54) is 7.05 Å². The fourth-order valence-electron chi connectivity index (χ4n) is 1.08. The van der Waals surface area contributed by atoms with Gasteiger partial charge in [0.05, 0.1) is 12.1 Å². The zero-order valence-electron chi connectivity index (χ0n) is 7.77. The van der Waals surface area contributed by atoms with Gasteiger partial charge in [-0.05, 0) is 7.05 Å². The highest BCUT2D eigenvalue weighted by Gasteiger charge is 2.23. The molecule has 0 fully saturated rings. The summed E-state index contributed by atoms with van der Waals surface area (Å²) in [7, 11) is 1.40. The average molecular weight is 219 g/mol. The standard InChI is InChI=1S/C9H8F3NO2/c1-13-3-6(15)7-8(11)4(10)2-5(14)9(7)12/h2,13-14H,3H2,1H3. The van der Waals surface area contributed by atoms with Gasteiger partial charge in [0.15, 0.2) is 29.0 Å². The fourth-order valence-corrected chi connectivity index (χ4v) is 1.08. The predicted octanol–water partition coefficient (Wildman–Crippen LogP) is 1.21. The van der Waals surface area contributed by atoms with Crippen molar-refractivity contribution < 1.29 is 23.1 Å². The molecule has 2 N–H and O–H groups in total. The number of Topliss-reactive ketones (excluding diaryl/α,β-unsaturated/α-hetero) is 1. The van der Waals surface area contributed by atoms with E-state index in [4.69, 9.17) is 5.11 Å². The van der Waals surface area contributed by atoms with Crippen LogP contribution in [0, 0.1) is 17.5 Å². The Labute approximate surface area is 83.5 Å². The molecule has 3 nitrogen and oxygen atoms in total. The zero-order valence-corrected chi connectivity index (χ0v) is 7.77. The van der Waals surface area contributed by atoms with Crippen LogP contribution in [0.2, 0.25) is 0 Å². The van der Waals surface area contributed by atoms with E-state index in [1.54, 1.807) is 0 Å². The maximum absolute atomic E-state index is 13.1. The summed E-state index contributed by atoms with van der Waals surface area (Å²) in [5.41, 5.74) is -1.07. The Morgan fingerprint density at radius 2 is 2.00 bits per heavy atom. The summed E-state index contributed by atoms with van der Waals surface area (Å²) in [5, 5.41) is 11.2. The lowest BCUT2D eigenvalue weighted by molar-refractivity contribution is 0.0983. The van der Waals surface area contributed by atoms with E-state index in [0.29, 0.717) is 0 Å². The van der Waals surface area contributed by atoms with Gasteiger partial charge in [-0.3, -0.25) is 4.79 Å². The Morgan fingerprint density at radius 1 is 1.40 bits per heavy atom. The summed E-state index contributed by atoms with van der Waals surface area (Å²) in [6.45, 7) is -0.350. The van der Waals surface area contributed by atoms with Crippen LogP contribution in [0.25, 0.3) is 0 Å². The van der Waals surface area contributed by atoms with Crippen LogP contribution in [0.3, 0.4) is 0 Å². The Bertz CT molecular complexity index is 381. The second kappa shape index (κ2) is 4.31. The van der Waals surface area contributed by atoms with Crippen molar-refractivity contribution >= 4 is 5.78 Å². The number of halogens is 3. The van der Waals surface area contributed by atoms with Gasteiger partial charge < -0.3 is 10.4 Å². The van der Waals surface area contributed by atoms with Crippen molar-refractivity contribution in [3.63, 3.8) is 0 Å². The van der Waals surface area contributed by atoms with E-state index in [2.05, 4.69) is 5.32 Å². The van der Waals surface area contributed by atoms with Crippen molar-refractivity contribution in [1.82, 2.24) is 5.32 Å². The van der Waals surface area contributed by atoms with Gasteiger partial charge in [0, 0.05) is 6.07 Å². The molecule has 0 aromatic heterocycles. The largest absolute Gasteiger partial charge is 0.505 e. The highest BCUT2D eigenvalue weighted by atomic mass is 19.2. The molecule has 0 spiro atoms. The van der Waals surface area contributed by atoms with Gasteiger partial charge in [0.2, 0.25) is 0 Å². The number of hydrogen-bond acceptors (Lipinski definition) is 3. The number of likely N-dealkylation sites (N-methyl/N-ethyl adjacent to an activating group) is 1. The van der Waals surface area contributed by atoms with Crippen LogP contribution in [-0.2, 0) is 0 Å². The van der Waals surface area contributed by atoms with E-state index in [0.717, 1.165) is 0 Å². The van der Waals surface area contributed by atoms with Gasteiger partial charge in [-0.2, -0.15) is 0 Å². The molecule has 1 aromatic carbocycles. The Morgan fingerprint density at radius 3 is 2.53 bits per heavy atom. The van der Waals surface area contributed by atoms with Crippen LogP contribution in [-0.4, -0.2) is 24.5 Å². The van der Waals surface area contributed by atoms with Gasteiger partial charge >= 0.3 is 0 Å². The van der Waals surface area contributed by atoms with Crippen molar-refractivity contribution in [2.24, 2.45) is 0 Å². The van der Waals surface area contributed by atoms with E-state index in [9.17, 15) is 18.0 Å². The second-order valence-electron chi connectivity index (χ2n) is 2.83. The summed E-state index contributed by atoms with van der Waals surface area (Å²) in [6, 6.07) is 0.279. The number of aromatic hydroxyl groups is 1. The van der Waals surface area contributed by atoms with Crippen molar-refractivity contribution in [3.8, 4) is 5.75 Å². The summed E-state index contributed by atoms with van der Waals surface area (Å²) in [4.78, 5) is 11.2. The first-order chi connectivity index (χ1) is 6.99. The van der Waals surface area contributed by atoms with Crippen molar-refractivity contribution in [3.05, 3.63) is 29.1 Å². The smallest absolute Gasteiger partial charge is 0.182 e. The minimum Gasteiger partial charge on any atom is -0.505 e. The molecule has 0 atom stereocenters. The normalized spacial score (nSPS) is 10.4. The molecule has 15 heavy (non-hydrogen) atoms. The Kier molecular flexibility index (Phi) is 3.31. The van der Waals surface area contributed by atoms with Crippen LogP contribution in [0.1, 0.15) is 10.4 Å². The van der Waals surface area contributed by atoms with Gasteiger partial charge in [-0.1, -0.05) is 0 Å². The van der Waals surface area contributed by atoms with Gasteiger partial charge in [-0.15, -0.1) is 0 Å². The maximum Gasteiger partial charge on any atom is 0.182 e. The second-order valence-corrected chi connectivity index (χ2v) is 2.83. The van der Waals surface area contributed by atoms with Crippen molar-refractivity contribution in [2.45, 2.75) is 0 Å². The van der Waals surface area contributed by atoms with E-state index >= 15 is 0 Å². The van der Waals surface area contributed by atoms with Crippen molar-refractivity contribution in [1.29, 1.82) is 0 Å². The molecule has 0 heterocycles. The molecule has 0 aliphatic carbocycles. The van der Waals surface area contributed by atoms with Crippen LogP contribution >= 0.6 is 0 Å². The molecule has 0 amide bonds. The molecule has 0 aliphatic heterocycles. The summed E-state index contributed by atoms with van der Waals surface area (Å²) >= 11 is 0. The molecule has 0 aliphatic rings. The zero-order chi connectivity index (χ0) is 11.6. The average Bonchev–Trinajstić information content (AvgIpc) is 2.16. The molecule has 82 valence electrons. The van der Waals surface area contributed by atoms with Gasteiger partial charge in [-0.25, -0.2) is 13.2 Å². The molecule has 1 rings (SSSR count). The number of carbonyl (C=O) groups excluding carboxylic acids is 1. The maximum atomic E-state index is 13.1. The minimum atomic E-state index is -1.59. The number of rotatable bonds is 3. The third-order valence-corrected chi connectivity index (χ3v) is 1.75. The number of carbonyl (C=O) groups is 1. The lowest BCUT2D eigenvalue weighted by atomic mass is 10.1. The van der Waals surface area contributed by atoms with Gasteiger partial charge in [0.25, 0.3) is 0 Å². The molecule has 0 radical (unpaired) electrons. The molecule has 6 heteroatoms. The summed E-state index contributed by atoms with van der Waals surface area (Å²) < 4.78 is 38.9. The molecule has 0 saturated carbocycles. The monoisotopic (exact) mass is 219 g/mol. The first-order valence-corrected chi connectivity index (χ1v) is 4.03. The first kappa shape index (κ1) is 11.5. The summed E-state index contributed by atoms with van der Waals surface area (Å²) in [5.74, 6) is -6.57. The highest BCUT2D eigenvalue weighted by Crippen LogP contribution is 2.24. The fraction of sp³-hybridized carbons (Fsp3) is 0.222. The van der Waals surface area contributed by atoms with Crippen LogP contribution in [0.4, 0.5) is 13.2 Å². The SMILES string of the molecule is CNCC(=O)c1c(F)c(O)cc(F)c1F. The van der Waals surface area contributed by atoms with E-state index < -0.39 is 34.5 Å². The molecule has 0 saturated heterocycles. The summed E-state index contributed by atoms with van der Waals surface area (Å²) in [6.07, 6.45) is 0. The quantitative estimate of drug-likeness (QED) is 0.593. The molecular weight excluding hydrogens is 211 g/mol. The molecular formula is C9H8F3NO2. The molecule has 0 unspecified atom stereocenters. The van der Waals surface area contributed by atoms with Crippen LogP contribution in [0.5, 0.6) is 5.75 Å². The minimum absolute atomic E-state index is 0.279. The van der Waals surface area contributed by atoms with Crippen molar-refractivity contribution in [2.75, 3.05) is 13.6 Å². The van der Waals surface area contributed by atoms with E-state index in [-0.39, 0.29) is 12.6 Å². The van der Waals surface area contributed by atoms with E-state index in [1.807, 2.05) is 0 Å². The third-order valence-electron chi connectivity index (χ3n) is 1.75. The Hall–Kier alpha value is -1.56. The third kappa shape index (κ3) is 2.10. The van der Waals surface area contributed by atoms with Gasteiger partial charge in [0.1, 0.15) is 0 Å². The van der Waals surface area contributed by atoms with Crippen LogP contribution < -0.4 is 5.32 Å². The topological polar surface area (TPSA) is 49.3 Å². The predicted molar refractivity (Wildman–Crippen MR) is 46.2 cm³/mol. The number of hydrogen-bond donors (Lipinski definition) is 2. The lowest BCUT2D eigenvalue weighted by Crippen LogP contribution is -2.21. The molecule has 0 bridgehead atoms. The Balaban J connectivity index is 3.32. The number of phenolic OH excluding ortho intramolecular Hbond substituents is 1. The number of ketones is 1. The first-order valence-electron chi connectivity index (χ1n) is 4.03. The number of benzene rings is 1.